The van der Waals surface area contributed by atoms with Gasteiger partial charge in [0, 0.05) is 66.4 Å². The minimum Gasteiger partial charge on any atom is -0.491 e. The number of nitrogens with zero attached hydrogens (tertiary/aromatic N) is 3. The summed E-state index contributed by atoms with van der Waals surface area (Å²) in [5.41, 5.74) is 2.42. The van der Waals surface area contributed by atoms with Crippen molar-refractivity contribution in [1.29, 1.82) is 5.26 Å². The van der Waals surface area contributed by atoms with Gasteiger partial charge in [-0.15, -0.1) is 0 Å². The van der Waals surface area contributed by atoms with Crippen molar-refractivity contribution in [2.75, 3.05) is 91.3 Å². The van der Waals surface area contributed by atoms with Crippen molar-refractivity contribution >= 4 is 35.0 Å². The Kier molecular flexibility index (Phi) is 20.3. The second kappa shape index (κ2) is 26.5. The molecule has 3 aromatic rings. The number of nitriles is 1. The summed E-state index contributed by atoms with van der Waals surface area (Å²) in [5.74, 6) is 2.03. The van der Waals surface area contributed by atoms with E-state index < -0.39 is 6.04 Å². The first kappa shape index (κ1) is 55.8. The molecule has 4 fully saturated rings. The second-order valence-corrected chi connectivity index (χ2v) is 21.9. The smallest absolute Gasteiger partial charge is 0.251 e. The van der Waals surface area contributed by atoms with Gasteiger partial charge in [-0.05, 0) is 119 Å². The summed E-state index contributed by atoms with van der Waals surface area (Å²) in [4.78, 5) is 45.2. The van der Waals surface area contributed by atoms with Crippen LogP contribution < -0.4 is 30.7 Å². The molecule has 2 saturated carbocycles. The molecular formula is C57H80ClN7O8. The normalized spacial score (nSPS) is 22.2. The highest BCUT2D eigenvalue weighted by molar-refractivity contribution is 6.31. The van der Waals surface area contributed by atoms with Crippen LogP contribution in [0.15, 0.2) is 66.7 Å². The molecular weight excluding hydrogens is 946 g/mol. The molecule has 3 amide bonds. The number of halogens is 1. The highest BCUT2D eigenvalue weighted by Crippen LogP contribution is 2.55. The molecule has 16 heteroatoms. The molecule has 398 valence electrons. The Bertz CT molecular complexity index is 2290. The number of hydrogen-bond donors (Lipinski definition) is 4. The molecule has 4 aliphatic rings. The van der Waals surface area contributed by atoms with E-state index in [-0.39, 0.29) is 58.7 Å². The highest BCUT2D eigenvalue weighted by atomic mass is 35.5. The number of ether oxygens (including phenoxy) is 5. The topological polar surface area (TPSA) is 176 Å². The number of carbonyl (C=O) groups is 3. The van der Waals surface area contributed by atoms with Gasteiger partial charge in [0.05, 0.1) is 56.3 Å². The van der Waals surface area contributed by atoms with Crippen LogP contribution in [0, 0.1) is 34.0 Å². The number of rotatable bonds is 26. The van der Waals surface area contributed by atoms with Crippen molar-refractivity contribution in [3.8, 4) is 17.6 Å². The first-order valence-corrected chi connectivity index (χ1v) is 27.0. The summed E-state index contributed by atoms with van der Waals surface area (Å²) >= 11 is 6.24. The third-order valence-electron chi connectivity index (χ3n) is 15.8. The molecule has 4 unspecified atom stereocenters. The molecule has 2 aliphatic carbocycles. The largest absolute Gasteiger partial charge is 0.491 e. The lowest BCUT2D eigenvalue weighted by atomic mass is 9.49. The fraction of sp³-hybridized carbons (Fsp3) is 0.614. The van der Waals surface area contributed by atoms with E-state index in [1.54, 1.807) is 25.2 Å². The third-order valence-corrected chi connectivity index (χ3v) is 16.1. The van der Waals surface area contributed by atoms with Crippen molar-refractivity contribution < 1.29 is 38.1 Å². The van der Waals surface area contributed by atoms with Crippen LogP contribution in [0.25, 0.3) is 0 Å². The van der Waals surface area contributed by atoms with Crippen molar-refractivity contribution in [3.05, 3.63) is 88.4 Å². The molecule has 2 aliphatic heterocycles. The van der Waals surface area contributed by atoms with Gasteiger partial charge in [-0.25, -0.2) is 0 Å². The predicted molar refractivity (Wildman–Crippen MR) is 284 cm³/mol. The molecule has 2 saturated heterocycles. The van der Waals surface area contributed by atoms with Crippen LogP contribution in [-0.2, 0) is 30.2 Å². The van der Waals surface area contributed by atoms with Crippen molar-refractivity contribution in [2.24, 2.45) is 22.7 Å². The van der Waals surface area contributed by atoms with E-state index in [0.717, 1.165) is 82.6 Å². The van der Waals surface area contributed by atoms with Crippen LogP contribution in [0.3, 0.4) is 0 Å². The van der Waals surface area contributed by atoms with Gasteiger partial charge >= 0.3 is 0 Å². The maximum absolute atomic E-state index is 14.2. The Morgan fingerprint density at radius 1 is 0.808 bits per heavy atom. The first-order chi connectivity index (χ1) is 35.2. The number of fused-ring (bicyclic) bond motifs is 1. The molecule has 0 radical (unpaired) electrons. The summed E-state index contributed by atoms with van der Waals surface area (Å²) in [6, 6.07) is 22.2. The van der Waals surface area contributed by atoms with Crippen LogP contribution >= 0.6 is 11.6 Å². The van der Waals surface area contributed by atoms with E-state index in [0.29, 0.717) is 80.6 Å². The number of likely N-dealkylation sites (tertiary alicyclic amines) is 2. The average Bonchev–Trinajstić information content (AvgIpc) is 3.83. The van der Waals surface area contributed by atoms with Crippen LogP contribution in [0.4, 0.5) is 5.69 Å². The summed E-state index contributed by atoms with van der Waals surface area (Å²) in [6.07, 6.45) is 8.33. The maximum Gasteiger partial charge on any atom is 0.251 e. The minimum absolute atomic E-state index is 0.0951. The Balaban J connectivity index is 0.701. The van der Waals surface area contributed by atoms with E-state index in [9.17, 15) is 19.6 Å². The van der Waals surface area contributed by atoms with E-state index in [4.69, 9.17) is 35.3 Å². The zero-order valence-corrected chi connectivity index (χ0v) is 44.8. The van der Waals surface area contributed by atoms with Gasteiger partial charge < -0.3 is 54.8 Å². The van der Waals surface area contributed by atoms with Crippen LogP contribution in [0.2, 0.25) is 5.02 Å². The summed E-state index contributed by atoms with van der Waals surface area (Å²) < 4.78 is 29.4. The number of likely N-dealkylation sites (N-methyl/N-ethyl adjacent to an activating group) is 1. The molecule has 73 heavy (non-hydrogen) atoms. The van der Waals surface area contributed by atoms with Crippen LogP contribution in [0.5, 0.6) is 11.5 Å². The van der Waals surface area contributed by atoms with Crippen LogP contribution in [0.1, 0.15) is 101 Å². The Labute approximate surface area is 438 Å². The van der Waals surface area contributed by atoms with Gasteiger partial charge in [-0.1, -0.05) is 70.7 Å². The van der Waals surface area contributed by atoms with E-state index in [2.05, 4.69) is 77.0 Å². The van der Waals surface area contributed by atoms with Crippen LogP contribution in [-0.4, -0.2) is 144 Å². The molecule has 0 spiro atoms. The zero-order valence-electron chi connectivity index (χ0n) is 44.0. The van der Waals surface area contributed by atoms with Gasteiger partial charge in [-0.2, -0.15) is 5.26 Å². The zero-order chi connectivity index (χ0) is 52.0. The molecule has 4 atom stereocenters. The minimum atomic E-state index is -0.441. The lowest BCUT2D eigenvalue weighted by Gasteiger charge is -2.63. The van der Waals surface area contributed by atoms with Crippen molar-refractivity contribution in [1.82, 2.24) is 25.8 Å². The molecule has 7 rings (SSSR count). The fourth-order valence-corrected chi connectivity index (χ4v) is 11.9. The van der Waals surface area contributed by atoms with Gasteiger partial charge in [-0.3, -0.25) is 14.4 Å². The van der Waals surface area contributed by atoms with E-state index >= 15 is 0 Å². The first-order valence-electron chi connectivity index (χ1n) is 26.7. The maximum atomic E-state index is 14.2. The van der Waals surface area contributed by atoms with Gasteiger partial charge in [0.15, 0.2) is 0 Å². The lowest BCUT2D eigenvalue weighted by molar-refractivity contribution is -0.164. The number of hydrogen-bond acceptors (Lipinski definition) is 12. The van der Waals surface area contributed by atoms with Gasteiger partial charge in [0.1, 0.15) is 36.3 Å². The third kappa shape index (κ3) is 14.7. The summed E-state index contributed by atoms with van der Waals surface area (Å²) in [6.45, 7) is 17.7. The fourth-order valence-electron chi connectivity index (χ4n) is 11.7. The Hall–Kier alpha value is -4.95. The van der Waals surface area contributed by atoms with Crippen molar-refractivity contribution in [2.45, 2.75) is 116 Å². The molecule has 3 aromatic carbocycles. The quantitative estimate of drug-likeness (QED) is 0.0584. The Morgan fingerprint density at radius 2 is 1.45 bits per heavy atom. The second-order valence-electron chi connectivity index (χ2n) is 21.5. The SMILES string of the molecule is CNC(C)C(=O)NC(C(=O)N1CCC2CCN(CCc3ccc(OCCOCCOCCOCCNc4ccc(C(=O)NC5C(C)(C)C(Oc6ccc(C#N)c(Cl)c6)C5(C)C)cc4)cc3)CC21)C1CCCCC1. The van der Waals surface area contributed by atoms with E-state index in [1.165, 1.54) is 12.0 Å². The summed E-state index contributed by atoms with van der Waals surface area (Å²) in [7, 11) is 1.78. The average molecular weight is 1030 g/mol. The van der Waals surface area contributed by atoms with Gasteiger partial charge in [0.2, 0.25) is 11.8 Å². The molecule has 0 aromatic heterocycles. The molecule has 2 heterocycles. The number of piperidine rings is 1. The van der Waals surface area contributed by atoms with E-state index in [1.807, 2.05) is 43.3 Å². The van der Waals surface area contributed by atoms with Crippen molar-refractivity contribution in [3.63, 3.8) is 0 Å². The monoisotopic (exact) mass is 1030 g/mol. The number of amides is 3. The Morgan fingerprint density at radius 3 is 2.11 bits per heavy atom. The highest BCUT2D eigenvalue weighted by Gasteiger charge is 2.64. The number of carbonyl (C=O) groups excluding carboxylic acids is 3. The number of benzene rings is 3. The summed E-state index contributed by atoms with van der Waals surface area (Å²) in [5, 5.41) is 22.3. The van der Waals surface area contributed by atoms with Gasteiger partial charge in [0.25, 0.3) is 5.91 Å². The lowest BCUT2D eigenvalue weighted by Crippen LogP contribution is -2.74. The molecule has 0 bridgehead atoms. The predicted octanol–water partition coefficient (Wildman–Crippen LogP) is 7.50. The standard InChI is InChI=1S/C57H80ClN7O8/c1-39(60-6)51(66)62-50(42-10-8-7-9-11-42)53(68)65-28-24-41-23-27-64(38-49(41)65)26-22-40-12-19-46(20-13-40)72-35-34-71-33-32-70-31-30-69-29-25-61-45-17-14-43(15-18-45)52(67)63-54-56(2,3)55(57(54,4)5)73-47-21-16-44(37-59)48(58)36-47/h12-21,36,39,41-42,49-50,54-55,60-61H,7-11,22-35,38H2,1-6H3,(H,62,66)(H,63,67). The number of nitrogens with one attached hydrogen (secondary N) is 4. The molecule has 15 nitrogen and oxygen atoms in total. The molecule has 4 N–H and O–H groups in total. The number of anilines is 1.